The van der Waals surface area contributed by atoms with Gasteiger partial charge in [0.05, 0.1) is 0 Å². The number of benzene rings is 2. The Kier molecular flexibility index (Phi) is 5.71. The normalized spacial score (nSPS) is 12.3. The molecule has 0 bridgehead atoms. The average Bonchev–Trinajstić information content (AvgIpc) is 3.15. The van der Waals surface area contributed by atoms with Gasteiger partial charge in [-0.2, -0.15) is 0 Å². The van der Waals surface area contributed by atoms with Crippen molar-refractivity contribution in [2.45, 2.75) is 5.66 Å². The first-order valence-electron chi connectivity index (χ1n) is 7.81. The molecule has 0 N–H and O–H groups in total. The van der Waals surface area contributed by atoms with E-state index in [1.165, 1.54) is 11.3 Å². The second-order valence-electron chi connectivity index (χ2n) is 5.40. The van der Waals surface area contributed by atoms with Crippen molar-refractivity contribution in [1.29, 1.82) is 0 Å². The zero-order chi connectivity index (χ0) is 18.4. The SMILES string of the molecule is O=[N+]([O-])C[C@@H](c1cccs1)P(=O)(Oc1ccccc1)Oc1ccccc1. The quantitative estimate of drug-likeness (QED) is 0.292. The van der Waals surface area contributed by atoms with Gasteiger partial charge in [0.2, 0.25) is 6.54 Å². The average molecular weight is 389 g/mol. The van der Waals surface area contributed by atoms with Crippen LogP contribution in [0.4, 0.5) is 0 Å². The highest BCUT2D eigenvalue weighted by Crippen LogP contribution is 2.60. The molecule has 0 aliphatic carbocycles. The molecule has 0 saturated carbocycles. The Morgan fingerprint density at radius 2 is 1.46 bits per heavy atom. The molecule has 0 aliphatic heterocycles. The molecule has 0 aliphatic rings. The Balaban J connectivity index is 2.02. The minimum absolute atomic E-state index is 0.330. The molecule has 1 atom stereocenters. The van der Waals surface area contributed by atoms with Crippen LogP contribution in [0.5, 0.6) is 11.5 Å². The third-order valence-electron chi connectivity index (χ3n) is 3.53. The first kappa shape index (κ1) is 18.2. The molecule has 1 aromatic heterocycles. The summed E-state index contributed by atoms with van der Waals surface area (Å²) >= 11 is 1.28. The maximum Gasteiger partial charge on any atom is 0.445 e. The second-order valence-corrected chi connectivity index (χ2v) is 8.44. The lowest BCUT2D eigenvalue weighted by Crippen LogP contribution is -2.18. The fourth-order valence-electron chi connectivity index (χ4n) is 2.37. The molecule has 0 amide bonds. The lowest BCUT2D eigenvalue weighted by molar-refractivity contribution is -0.480. The van der Waals surface area contributed by atoms with Crippen molar-refractivity contribution in [1.82, 2.24) is 0 Å². The zero-order valence-electron chi connectivity index (χ0n) is 13.6. The summed E-state index contributed by atoms with van der Waals surface area (Å²) in [6.07, 6.45) is 0. The molecule has 134 valence electrons. The van der Waals surface area contributed by atoms with Gasteiger partial charge in [0.25, 0.3) is 0 Å². The summed E-state index contributed by atoms with van der Waals surface area (Å²) in [6, 6.07) is 20.5. The number of para-hydroxylation sites is 2. The summed E-state index contributed by atoms with van der Waals surface area (Å²) in [6.45, 7) is -0.558. The molecular weight excluding hydrogens is 373 g/mol. The Bertz CT molecular complexity index is 841. The number of rotatable bonds is 8. The third-order valence-corrected chi connectivity index (χ3v) is 6.82. The van der Waals surface area contributed by atoms with Crippen LogP contribution in [-0.4, -0.2) is 11.5 Å². The number of hydrogen-bond donors (Lipinski definition) is 0. The van der Waals surface area contributed by atoms with Crippen LogP contribution < -0.4 is 9.05 Å². The molecule has 8 heteroatoms. The molecule has 1 heterocycles. The van der Waals surface area contributed by atoms with Gasteiger partial charge in [-0.05, 0) is 35.7 Å². The molecule has 3 aromatic rings. The molecule has 0 spiro atoms. The molecule has 0 saturated heterocycles. The lowest BCUT2D eigenvalue weighted by atomic mass is 10.3. The van der Waals surface area contributed by atoms with E-state index < -0.39 is 24.7 Å². The van der Waals surface area contributed by atoms with Crippen molar-refractivity contribution in [2.24, 2.45) is 0 Å². The van der Waals surface area contributed by atoms with Gasteiger partial charge in [0.15, 0.2) is 5.66 Å². The molecule has 0 radical (unpaired) electrons. The fraction of sp³-hybridized carbons (Fsp3) is 0.111. The fourth-order valence-corrected chi connectivity index (χ4v) is 5.50. The van der Waals surface area contributed by atoms with Crippen LogP contribution in [0.15, 0.2) is 78.2 Å². The summed E-state index contributed by atoms with van der Waals surface area (Å²) in [7, 11) is -3.95. The zero-order valence-corrected chi connectivity index (χ0v) is 15.3. The van der Waals surface area contributed by atoms with Crippen LogP contribution in [0.3, 0.4) is 0 Å². The van der Waals surface area contributed by atoms with Gasteiger partial charge in [-0.25, -0.2) is 4.57 Å². The van der Waals surface area contributed by atoms with Crippen molar-refractivity contribution in [2.75, 3.05) is 6.54 Å². The van der Waals surface area contributed by atoms with E-state index >= 15 is 0 Å². The van der Waals surface area contributed by atoms with Crippen molar-refractivity contribution < 1.29 is 18.5 Å². The minimum Gasteiger partial charge on any atom is -0.415 e. The Hall–Kier alpha value is -2.63. The van der Waals surface area contributed by atoms with Gasteiger partial charge in [0, 0.05) is 9.80 Å². The van der Waals surface area contributed by atoms with E-state index in [-0.39, 0.29) is 0 Å². The van der Waals surface area contributed by atoms with Gasteiger partial charge < -0.3 is 9.05 Å². The highest BCUT2D eigenvalue weighted by atomic mass is 32.1. The predicted molar refractivity (Wildman–Crippen MR) is 101 cm³/mol. The van der Waals surface area contributed by atoms with Gasteiger partial charge in [0.1, 0.15) is 11.5 Å². The van der Waals surface area contributed by atoms with E-state index in [9.17, 15) is 14.7 Å². The summed E-state index contributed by atoms with van der Waals surface area (Å²) in [5.41, 5.74) is -1.02. The molecule has 3 rings (SSSR count). The Morgan fingerprint density at radius 1 is 0.923 bits per heavy atom. The number of nitro groups is 1. The van der Waals surface area contributed by atoms with E-state index in [1.54, 1.807) is 78.2 Å². The van der Waals surface area contributed by atoms with Crippen molar-refractivity contribution in [3.8, 4) is 11.5 Å². The van der Waals surface area contributed by atoms with Crippen LogP contribution in [0.25, 0.3) is 0 Å². The number of hydrogen-bond acceptors (Lipinski definition) is 6. The van der Waals surface area contributed by atoms with E-state index in [2.05, 4.69) is 0 Å². The number of nitrogens with zero attached hydrogens (tertiary/aromatic N) is 1. The molecule has 0 fully saturated rings. The van der Waals surface area contributed by atoms with Crippen LogP contribution in [0.2, 0.25) is 0 Å². The van der Waals surface area contributed by atoms with E-state index in [0.717, 1.165) is 0 Å². The van der Waals surface area contributed by atoms with Gasteiger partial charge in [-0.3, -0.25) is 10.1 Å². The highest BCUT2D eigenvalue weighted by molar-refractivity contribution is 7.55. The van der Waals surface area contributed by atoms with Gasteiger partial charge in [-0.15, -0.1) is 11.3 Å². The molecule has 6 nitrogen and oxygen atoms in total. The Labute approximate surface area is 154 Å². The molecule has 26 heavy (non-hydrogen) atoms. The predicted octanol–water partition coefficient (Wildman–Crippen LogP) is 5.42. The lowest BCUT2D eigenvalue weighted by Gasteiger charge is -2.24. The molecule has 0 unspecified atom stereocenters. The minimum atomic E-state index is -3.95. The maximum absolute atomic E-state index is 13.7. The van der Waals surface area contributed by atoms with E-state index in [4.69, 9.17) is 9.05 Å². The summed E-state index contributed by atoms with van der Waals surface area (Å²) in [4.78, 5) is 11.3. The summed E-state index contributed by atoms with van der Waals surface area (Å²) in [5, 5.41) is 13.0. The highest BCUT2D eigenvalue weighted by Gasteiger charge is 2.44. The van der Waals surface area contributed by atoms with Crippen LogP contribution in [-0.2, 0) is 4.57 Å². The summed E-state index contributed by atoms with van der Waals surface area (Å²) in [5.74, 6) is 0.660. The summed E-state index contributed by atoms with van der Waals surface area (Å²) < 4.78 is 25.2. The second kappa shape index (κ2) is 8.17. The Morgan fingerprint density at radius 3 is 1.88 bits per heavy atom. The van der Waals surface area contributed by atoms with Gasteiger partial charge in [-0.1, -0.05) is 42.5 Å². The standard InChI is InChI=1S/C18H16NO5PS/c20-19(21)14-17(18-12-7-13-26-18)25(22,23-15-8-3-1-4-9-15)24-16-10-5-2-6-11-16/h1-13,17H,14H2/t17-/m0/s1. The van der Waals surface area contributed by atoms with Gasteiger partial charge >= 0.3 is 7.60 Å². The first-order valence-corrected chi connectivity index (χ1v) is 10.3. The van der Waals surface area contributed by atoms with Crippen LogP contribution in [0, 0.1) is 10.1 Å². The third kappa shape index (κ3) is 4.50. The van der Waals surface area contributed by atoms with E-state index in [1.807, 2.05) is 0 Å². The monoisotopic (exact) mass is 389 g/mol. The smallest absolute Gasteiger partial charge is 0.415 e. The first-order chi connectivity index (χ1) is 12.6. The molecular formula is C18H16NO5PS. The van der Waals surface area contributed by atoms with E-state index in [0.29, 0.717) is 16.4 Å². The van der Waals surface area contributed by atoms with Crippen molar-refractivity contribution in [3.05, 3.63) is 93.2 Å². The topological polar surface area (TPSA) is 78.7 Å². The van der Waals surface area contributed by atoms with Crippen molar-refractivity contribution in [3.63, 3.8) is 0 Å². The molecule has 2 aromatic carbocycles. The van der Waals surface area contributed by atoms with Crippen LogP contribution in [0.1, 0.15) is 10.5 Å². The number of thiophene rings is 1. The van der Waals surface area contributed by atoms with Crippen molar-refractivity contribution >= 4 is 18.9 Å². The maximum atomic E-state index is 13.7. The van der Waals surface area contributed by atoms with Crippen LogP contribution >= 0.6 is 18.9 Å². The largest absolute Gasteiger partial charge is 0.445 e.